The number of piperazine rings is 1. The van der Waals surface area contributed by atoms with Gasteiger partial charge in [-0.2, -0.15) is 9.78 Å². The number of amides is 1. The predicted molar refractivity (Wildman–Crippen MR) is 152 cm³/mol. The second-order valence-electron chi connectivity index (χ2n) is 12.9. The summed E-state index contributed by atoms with van der Waals surface area (Å²) in [6.07, 6.45) is 2.66. The van der Waals surface area contributed by atoms with Gasteiger partial charge in [-0.15, -0.1) is 0 Å². The molecule has 1 atom stereocenters. The van der Waals surface area contributed by atoms with Gasteiger partial charge in [0.2, 0.25) is 0 Å². The largest absolute Gasteiger partial charge is 0.444 e. The van der Waals surface area contributed by atoms with Gasteiger partial charge in [-0.25, -0.2) is 9.59 Å². The molecule has 2 fully saturated rings. The van der Waals surface area contributed by atoms with Gasteiger partial charge in [0, 0.05) is 63.5 Å². The molecule has 1 amide bonds. The number of nitrogens with zero attached hydrogens (tertiary/aromatic N) is 5. The third kappa shape index (κ3) is 8.05. The van der Waals surface area contributed by atoms with Gasteiger partial charge in [-0.05, 0) is 72.6 Å². The molecule has 2 aliphatic rings. The number of piperidine rings is 1. The molecule has 0 bridgehead atoms. The fourth-order valence-corrected chi connectivity index (χ4v) is 5.06. The van der Waals surface area contributed by atoms with Crippen LogP contribution in [-0.4, -0.2) is 94.2 Å². The Balaban J connectivity index is 1.58. The average molecular weight is 540 g/mol. The van der Waals surface area contributed by atoms with Gasteiger partial charge < -0.3 is 19.3 Å². The molecule has 4 rings (SSSR count). The molecule has 9 heteroatoms. The van der Waals surface area contributed by atoms with Crippen molar-refractivity contribution in [2.75, 3.05) is 46.3 Å². The first kappa shape index (κ1) is 29.1. The number of carbonyl (C=O) groups is 2. The average Bonchev–Trinajstić information content (AvgIpc) is 3.30. The maximum atomic E-state index is 13.0. The molecular weight excluding hydrogens is 494 g/mol. The van der Waals surface area contributed by atoms with Gasteiger partial charge in [0.1, 0.15) is 11.2 Å². The molecule has 1 unspecified atom stereocenters. The van der Waals surface area contributed by atoms with E-state index in [-0.39, 0.29) is 12.0 Å². The van der Waals surface area contributed by atoms with Crippen molar-refractivity contribution in [2.45, 2.75) is 78.0 Å². The van der Waals surface area contributed by atoms with Crippen molar-refractivity contribution in [1.29, 1.82) is 0 Å². The zero-order valence-corrected chi connectivity index (χ0v) is 24.7. The zero-order chi connectivity index (χ0) is 28.4. The Labute approximate surface area is 233 Å². The number of ether oxygens (including phenoxy) is 2. The molecule has 214 valence electrons. The summed E-state index contributed by atoms with van der Waals surface area (Å²) in [6.45, 7) is 17.5. The highest BCUT2D eigenvalue weighted by atomic mass is 16.6. The lowest BCUT2D eigenvalue weighted by molar-refractivity contribution is 0.0196. The molecule has 0 radical (unpaired) electrons. The summed E-state index contributed by atoms with van der Waals surface area (Å²) in [4.78, 5) is 32.4. The zero-order valence-electron chi connectivity index (χ0n) is 24.7. The number of rotatable bonds is 4. The molecule has 2 aromatic rings. The molecule has 1 aromatic carbocycles. The van der Waals surface area contributed by atoms with Crippen molar-refractivity contribution in [1.82, 2.24) is 24.5 Å². The Hall–Kier alpha value is -2.91. The van der Waals surface area contributed by atoms with Gasteiger partial charge in [-0.3, -0.25) is 4.90 Å². The molecule has 0 saturated carbocycles. The molecule has 3 heterocycles. The van der Waals surface area contributed by atoms with Crippen LogP contribution in [0.5, 0.6) is 0 Å². The molecule has 0 spiro atoms. The second kappa shape index (κ2) is 11.7. The Kier molecular flexibility index (Phi) is 8.71. The minimum absolute atomic E-state index is 0.0185. The molecule has 39 heavy (non-hydrogen) atoms. The minimum Gasteiger partial charge on any atom is -0.444 e. The Morgan fingerprint density at radius 2 is 1.51 bits per heavy atom. The first-order valence-electron chi connectivity index (χ1n) is 14.1. The number of hydrogen-bond acceptors (Lipinski definition) is 7. The van der Waals surface area contributed by atoms with E-state index in [0.717, 1.165) is 62.4 Å². The standard InChI is InChI=1S/C30H45N5O4/c1-29(2,3)38-27(36)34-14-8-9-24(20-34)26-25(21-35(31-26)28(37)39-30(4,5)6)23-12-10-22(11-13-23)19-33-17-15-32(7)16-18-33/h10-13,21,24H,8-9,14-20H2,1-7H3. The monoisotopic (exact) mass is 539 g/mol. The van der Waals surface area contributed by atoms with Crippen LogP contribution < -0.4 is 0 Å². The lowest BCUT2D eigenvalue weighted by Gasteiger charge is -2.34. The number of hydrogen-bond donors (Lipinski definition) is 0. The first-order valence-corrected chi connectivity index (χ1v) is 14.1. The fourth-order valence-electron chi connectivity index (χ4n) is 5.06. The van der Waals surface area contributed by atoms with Crippen molar-refractivity contribution in [2.24, 2.45) is 0 Å². The van der Waals surface area contributed by atoms with Crippen molar-refractivity contribution < 1.29 is 19.1 Å². The normalized spacial score (nSPS) is 19.7. The summed E-state index contributed by atoms with van der Waals surface area (Å²) in [5.41, 5.74) is 2.77. The van der Waals surface area contributed by atoms with Crippen molar-refractivity contribution in [3.63, 3.8) is 0 Å². The lowest BCUT2D eigenvalue weighted by Crippen LogP contribution is -2.43. The van der Waals surface area contributed by atoms with Crippen LogP contribution in [0.3, 0.4) is 0 Å². The molecule has 2 saturated heterocycles. The molecule has 9 nitrogen and oxygen atoms in total. The van der Waals surface area contributed by atoms with E-state index in [1.54, 1.807) is 11.1 Å². The van der Waals surface area contributed by atoms with Crippen LogP contribution in [0.2, 0.25) is 0 Å². The number of carbonyl (C=O) groups excluding carboxylic acids is 2. The van der Waals surface area contributed by atoms with E-state index in [0.29, 0.717) is 13.1 Å². The quantitative estimate of drug-likeness (QED) is 0.529. The van der Waals surface area contributed by atoms with Gasteiger partial charge in [0.15, 0.2) is 0 Å². The Morgan fingerprint density at radius 1 is 0.897 bits per heavy atom. The van der Waals surface area contributed by atoms with Crippen LogP contribution in [0.15, 0.2) is 30.5 Å². The maximum absolute atomic E-state index is 13.0. The molecule has 0 N–H and O–H groups in total. The first-order chi connectivity index (χ1) is 18.3. The number of aromatic nitrogens is 2. The van der Waals surface area contributed by atoms with Gasteiger partial charge in [0.25, 0.3) is 0 Å². The Bertz CT molecular complexity index is 1140. The molecule has 0 aliphatic carbocycles. The van der Waals surface area contributed by atoms with E-state index in [2.05, 4.69) is 41.1 Å². The third-order valence-electron chi connectivity index (χ3n) is 7.05. The van der Waals surface area contributed by atoms with Crippen LogP contribution >= 0.6 is 0 Å². The van der Waals surface area contributed by atoms with E-state index in [1.165, 1.54) is 10.2 Å². The summed E-state index contributed by atoms with van der Waals surface area (Å²) in [5.74, 6) is -0.0185. The summed E-state index contributed by atoms with van der Waals surface area (Å²) >= 11 is 0. The third-order valence-corrected chi connectivity index (χ3v) is 7.05. The van der Waals surface area contributed by atoms with Crippen LogP contribution in [-0.2, 0) is 16.0 Å². The number of likely N-dealkylation sites (N-methyl/N-ethyl adjacent to an activating group) is 1. The number of likely N-dealkylation sites (tertiary alicyclic amines) is 1. The van der Waals surface area contributed by atoms with E-state index < -0.39 is 17.3 Å². The fraction of sp³-hybridized carbons (Fsp3) is 0.633. The minimum atomic E-state index is -0.632. The molecule has 2 aliphatic heterocycles. The summed E-state index contributed by atoms with van der Waals surface area (Å²) in [7, 11) is 2.17. The van der Waals surface area contributed by atoms with Crippen LogP contribution in [0, 0.1) is 0 Å². The smallest absolute Gasteiger partial charge is 0.435 e. The SMILES string of the molecule is CN1CCN(Cc2ccc(-c3cn(C(=O)OC(C)(C)C)nc3C3CCCN(C(=O)OC(C)(C)C)C3)cc2)CC1. The summed E-state index contributed by atoms with van der Waals surface area (Å²) in [5, 5.41) is 4.74. The summed E-state index contributed by atoms with van der Waals surface area (Å²) in [6, 6.07) is 8.55. The van der Waals surface area contributed by atoms with Crippen LogP contribution in [0.1, 0.15) is 71.6 Å². The second-order valence-corrected chi connectivity index (χ2v) is 12.9. The van der Waals surface area contributed by atoms with E-state index >= 15 is 0 Å². The lowest BCUT2D eigenvalue weighted by atomic mass is 9.90. The van der Waals surface area contributed by atoms with E-state index in [9.17, 15) is 9.59 Å². The van der Waals surface area contributed by atoms with Crippen molar-refractivity contribution in [3.8, 4) is 11.1 Å². The van der Waals surface area contributed by atoms with E-state index in [4.69, 9.17) is 14.6 Å². The van der Waals surface area contributed by atoms with Crippen LogP contribution in [0.25, 0.3) is 11.1 Å². The predicted octanol–water partition coefficient (Wildman–Crippen LogP) is 5.20. The van der Waals surface area contributed by atoms with Gasteiger partial charge in [0.05, 0.1) is 5.69 Å². The van der Waals surface area contributed by atoms with Gasteiger partial charge >= 0.3 is 12.2 Å². The van der Waals surface area contributed by atoms with E-state index in [1.807, 2.05) is 41.5 Å². The summed E-state index contributed by atoms with van der Waals surface area (Å²) < 4.78 is 12.6. The highest BCUT2D eigenvalue weighted by Gasteiger charge is 2.32. The highest BCUT2D eigenvalue weighted by molar-refractivity contribution is 5.75. The Morgan fingerprint density at radius 3 is 2.13 bits per heavy atom. The van der Waals surface area contributed by atoms with Crippen molar-refractivity contribution >= 4 is 12.2 Å². The van der Waals surface area contributed by atoms with Crippen molar-refractivity contribution in [3.05, 3.63) is 41.7 Å². The number of benzene rings is 1. The maximum Gasteiger partial charge on any atom is 0.435 e. The van der Waals surface area contributed by atoms with Crippen LogP contribution in [0.4, 0.5) is 9.59 Å². The topological polar surface area (TPSA) is 80.1 Å². The highest BCUT2D eigenvalue weighted by Crippen LogP contribution is 2.34. The molecule has 1 aromatic heterocycles. The molecular formula is C30H45N5O4. The van der Waals surface area contributed by atoms with Gasteiger partial charge in [-0.1, -0.05) is 24.3 Å².